The maximum atomic E-state index is 13.6. The number of ketones is 1. The normalized spacial score (nSPS) is 26.0. The molecule has 1 aliphatic heterocycles. The molecule has 0 aromatic heterocycles. The molecule has 0 bridgehead atoms. The summed E-state index contributed by atoms with van der Waals surface area (Å²) in [5.74, 6) is -3.12. The van der Waals surface area contributed by atoms with E-state index in [4.69, 9.17) is 9.47 Å². The van der Waals surface area contributed by atoms with E-state index in [2.05, 4.69) is 5.32 Å². The molecule has 2 N–H and O–H groups in total. The Labute approximate surface area is 187 Å². The minimum absolute atomic E-state index is 0.0868. The van der Waals surface area contributed by atoms with Crippen molar-refractivity contribution in [3.05, 3.63) is 52.4 Å². The number of phenols is 1. The smallest absolute Gasteiger partial charge is 0.337 e. The minimum Gasteiger partial charge on any atom is -0.508 e. The fourth-order valence-electron chi connectivity index (χ4n) is 5.17. The Balaban J connectivity index is 1.79. The van der Waals surface area contributed by atoms with Crippen LogP contribution in [0.2, 0.25) is 0 Å². The lowest BCUT2D eigenvalue weighted by molar-refractivity contribution is -0.151. The molecule has 1 aromatic carbocycles. The van der Waals surface area contributed by atoms with Crippen molar-refractivity contribution >= 4 is 17.7 Å². The quantitative estimate of drug-likeness (QED) is 0.547. The predicted octanol–water partition coefficient (Wildman–Crippen LogP) is 3.49. The Kier molecular flexibility index (Phi) is 6.09. The number of carbonyl (C=O) groups excluding carboxylic acids is 3. The molecule has 1 aromatic rings. The van der Waals surface area contributed by atoms with Gasteiger partial charge < -0.3 is 19.9 Å². The number of benzene rings is 1. The summed E-state index contributed by atoms with van der Waals surface area (Å²) in [7, 11) is 1.28. The van der Waals surface area contributed by atoms with Crippen molar-refractivity contribution in [3.8, 4) is 5.75 Å². The molecule has 1 heterocycles. The SMILES string of the molecule is COC(=O)[C@@H]1C(=O)C2=C(C[C@H]1C)NC(C)=C(C(=O)OC1CCCC1)[C@@H]2c1ccc(O)cc1. The van der Waals surface area contributed by atoms with E-state index >= 15 is 0 Å². The number of allylic oxidation sites excluding steroid dienone is 3. The molecular formula is C25H29NO6. The summed E-state index contributed by atoms with van der Waals surface area (Å²) in [5, 5.41) is 13.0. The van der Waals surface area contributed by atoms with E-state index in [9.17, 15) is 19.5 Å². The molecule has 3 aliphatic rings. The predicted molar refractivity (Wildman–Crippen MR) is 116 cm³/mol. The first-order valence-electron chi connectivity index (χ1n) is 11.1. The Morgan fingerprint density at radius 1 is 1.12 bits per heavy atom. The van der Waals surface area contributed by atoms with Gasteiger partial charge in [0.1, 0.15) is 17.8 Å². The van der Waals surface area contributed by atoms with E-state index in [1.54, 1.807) is 12.1 Å². The Morgan fingerprint density at radius 3 is 2.41 bits per heavy atom. The first-order chi connectivity index (χ1) is 15.3. The molecule has 7 nitrogen and oxygen atoms in total. The zero-order valence-corrected chi connectivity index (χ0v) is 18.6. The van der Waals surface area contributed by atoms with Crippen molar-refractivity contribution in [1.29, 1.82) is 0 Å². The van der Waals surface area contributed by atoms with E-state index < -0.39 is 23.8 Å². The van der Waals surface area contributed by atoms with Crippen LogP contribution in [0.4, 0.5) is 0 Å². The van der Waals surface area contributed by atoms with Gasteiger partial charge in [0.05, 0.1) is 12.7 Å². The Bertz CT molecular complexity index is 1000. The van der Waals surface area contributed by atoms with Gasteiger partial charge in [-0.1, -0.05) is 19.1 Å². The molecule has 3 atom stereocenters. The first-order valence-corrected chi connectivity index (χ1v) is 11.1. The molecule has 0 spiro atoms. The largest absolute Gasteiger partial charge is 0.508 e. The average Bonchev–Trinajstić information content (AvgIpc) is 3.26. The molecule has 170 valence electrons. The van der Waals surface area contributed by atoms with Gasteiger partial charge >= 0.3 is 11.9 Å². The van der Waals surface area contributed by atoms with Crippen molar-refractivity contribution in [1.82, 2.24) is 5.32 Å². The monoisotopic (exact) mass is 439 g/mol. The maximum Gasteiger partial charge on any atom is 0.337 e. The van der Waals surface area contributed by atoms with Crippen molar-refractivity contribution < 1.29 is 29.0 Å². The summed E-state index contributed by atoms with van der Waals surface area (Å²) in [4.78, 5) is 39.4. The summed E-state index contributed by atoms with van der Waals surface area (Å²) in [5.41, 5.74) is 2.80. The van der Waals surface area contributed by atoms with Gasteiger partial charge in [0.15, 0.2) is 5.78 Å². The van der Waals surface area contributed by atoms with Crippen LogP contribution in [0.3, 0.4) is 0 Å². The third kappa shape index (κ3) is 3.92. The highest BCUT2D eigenvalue weighted by Crippen LogP contribution is 2.46. The number of Topliss-reactive ketones (excluding diaryl/α,β-unsaturated/α-hetero) is 1. The highest BCUT2D eigenvalue weighted by Gasteiger charge is 2.47. The molecule has 0 amide bonds. The van der Waals surface area contributed by atoms with E-state index in [0.717, 1.165) is 31.4 Å². The van der Waals surface area contributed by atoms with Crippen LogP contribution in [0.25, 0.3) is 0 Å². The Morgan fingerprint density at radius 2 is 1.78 bits per heavy atom. The number of hydrogen-bond acceptors (Lipinski definition) is 7. The lowest BCUT2D eigenvalue weighted by Crippen LogP contribution is -2.43. The summed E-state index contributed by atoms with van der Waals surface area (Å²) < 4.78 is 10.7. The molecule has 0 unspecified atom stereocenters. The van der Waals surface area contributed by atoms with Crippen LogP contribution in [-0.2, 0) is 23.9 Å². The standard InChI is InChI=1S/C25H29NO6/c1-13-12-18-22(23(28)19(13)24(29)31-3)21(15-8-10-16(27)11-9-15)20(14(2)26-18)25(30)32-17-6-4-5-7-17/h8-11,13,17,19,21,26-27H,4-7,12H2,1-3H3/t13-,19+,21+/m1/s1. The lowest BCUT2D eigenvalue weighted by Gasteiger charge is -2.38. The molecule has 0 saturated heterocycles. The molecule has 7 heteroatoms. The molecule has 1 saturated carbocycles. The number of dihydropyridines is 1. The fraction of sp³-hybridized carbons (Fsp3) is 0.480. The number of carbonyl (C=O) groups is 3. The number of rotatable bonds is 4. The zero-order chi connectivity index (χ0) is 23.0. The van der Waals surface area contributed by atoms with Gasteiger partial charge in [-0.15, -0.1) is 0 Å². The van der Waals surface area contributed by atoms with Gasteiger partial charge in [0, 0.05) is 22.9 Å². The van der Waals surface area contributed by atoms with Crippen molar-refractivity contribution in [2.75, 3.05) is 7.11 Å². The third-order valence-corrected chi connectivity index (χ3v) is 6.77. The number of aromatic hydroxyl groups is 1. The summed E-state index contributed by atoms with van der Waals surface area (Å²) in [6.07, 6.45) is 4.10. The van der Waals surface area contributed by atoms with Crippen LogP contribution in [0.1, 0.15) is 57.4 Å². The molecule has 4 rings (SSSR count). The van der Waals surface area contributed by atoms with Crippen LogP contribution < -0.4 is 5.32 Å². The van der Waals surface area contributed by atoms with Crippen LogP contribution in [0.5, 0.6) is 5.75 Å². The fourth-order valence-corrected chi connectivity index (χ4v) is 5.17. The zero-order valence-electron chi connectivity index (χ0n) is 18.6. The second-order valence-electron chi connectivity index (χ2n) is 8.94. The second kappa shape index (κ2) is 8.81. The highest BCUT2D eigenvalue weighted by molar-refractivity contribution is 6.12. The average molecular weight is 440 g/mol. The summed E-state index contributed by atoms with van der Waals surface area (Å²) >= 11 is 0. The number of hydrogen-bond donors (Lipinski definition) is 2. The van der Waals surface area contributed by atoms with Gasteiger partial charge in [-0.3, -0.25) is 9.59 Å². The highest BCUT2D eigenvalue weighted by atomic mass is 16.5. The molecule has 2 aliphatic carbocycles. The van der Waals surface area contributed by atoms with E-state index in [1.807, 2.05) is 13.8 Å². The lowest BCUT2D eigenvalue weighted by atomic mass is 9.69. The maximum absolute atomic E-state index is 13.6. The van der Waals surface area contributed by atoms with Gasteiger partial charge in [0.2, 0.25) is 0 Å². The van der Waals surface area contributed by atoms with Crippen LogP contribution in [0.15, 0.2) is 46.8 Å². The van der Waals surface area contributed by atoms with Crippen LogP contribution in [0, 0.1) is 11.8 Å². The first kappa shape index (κ1) is 22.1. The number of esters is 2. The topological polar surface area (TPSA) is 102 Å². The van der Waals surface area contributed by atoms with Gasteiger partial charge in [0.25, 0.3) is 0 Å². The van der Waals surface area contributed by atoms with Crippen molar-refractivity contribution in [3.63, 3.8) is 0 Å². The molecule has 0 radical (unpaired) electrons. The number of methoxy groups -OCH3 is 1. The van der Waals surface area contributed by atoms with Gasteiger partial charge in [-0.2, -0.15) is 0 Å². The molecular weight excluding hydrogens is 410 g/mol. The van der Waals surface area contributed by atoms with Crippen LogP contribution in [-0.4, -0.2) is 36.0 Å². The summed E-state index contributed by atoms with van der Waals surface area (Å²) in [6, 6.07) is 6.45. The third-order valence-electron chi connectivity index (χ3n) is 6.77. The number of ether oxygens (including phenoxy) is 2. The van der Waals surface area contributed by atoms with Crippen molar-refractivity contribution in [2.24, 2.45) is 11.8 Å². The van der Waals surface area contributed by atoms with Gasteiger partial charge in [-0.25, -0.2) is 4.79 Å². The van der Waals surface area contributed by atoms with Crippen LogP contribution >= 0.6 is 0 Å². The molecule has 1 fully saturated rings. The van der Waals surface area contributed by atoms with E-state index in [1.165, 1.54) is 19.2 Å². The van der Waals surface area contributed by atoms with E-state index in [0.29, 0.717) is 28.8 Å². The molecule has 32 heavy (non-hydrogen) atoms. The minimum atomic E-state index is -0.925. The number of phenolic OH excluding ortho intramolecular Hbond substituents is 1. The second-order valence-corrected chi connectivity index (χ2v) is 8.94. The van der Waals surface area contributed by atoms with Gasteiger partial charge in [-0.05, 0) is 62.6 Å². The Hall–Kier alpha value is -3.09. The number of nitrogens with one attached hydrogen (secondary N) is 1. The summed E-state index contributed by atoms with van der Waals surface area (Å²) in [6.45, 7) is 3.66. The van der Waals surface area contributed by atoms with Crippen molar-refractivity contribution in [2.45, 2.75) is 58.0 Å². The van der Waals surface area contributed by atoms with E-state index in [-0.39, 0.29) is 23.6 Å².